The van der Waals surface area contributed by atoms with Crippen molar-refractivity contribution in [1.29, 1.82) is 5.26 Å². The monoisotopic (exact) mass is 326 g/mol. The summed E-state index contributed by atoms with van der Waals surface area (Å²) in [6.45, 7) is 8.72. The largest absolute Gasteiger partial charge is 0.493 e. The summed E-state index contributed by atoms with van der Waals surface area (Å²) < 4.78 is 5.91. The number of benzene rings is 1. The number of aromatic nitrogens is 1. The van der Waals surface area contributed by atoms with Gasteiger partial charge in [-0.25, -0.2) is 4.98 Å². The molecule has 0 aliphatic heterocycles. The lowest BCUT2D eigenvalue weighted by Gasteiger charge is -2.12. The zero-order chi connectivity index (χ0) is 16.8. The van der Waals surface area contributed by atoms with Crippen molar-refractivity contribution < 1.29 is 4.74 Å². The molecule has 3 nitrogen and oxygen atoms in total. The van der Waals surface area contributed by atoms with Gasteiger partial charge in [0.25, 0.3) is 0 Å². The molecule has 4 heteroatoms. The predicted octanol–water partition coefficient (Wildman–Crippen LogP) is 4.75. The second-order valence-electron chi connectivity index (χ2n) is 5.64. The number of hydrogen-bond donors (Lipinski definition) is 0. The maximum Gasteiger partial charge on any atom is 0.125 e. The summed E-state index contributed by atoms with van der Waals surface area (Å²) in [6.07, 6.45) is 0.915. The van der Waals surface area contributed by atoms with Crippen LogP contribution in [0.25, 0.3) is 0 Å². The van der Waals surface area contributed by atoms with Crippen molar-refractivity contribution >= 4 is 11.8 Å². The van der Waals surface area contributed by atoms with E-state index in [9.17, 15) is 5.26 Å². The summed E-state index contributed by atoms with van der Waals surface area (Å²) in [5, 5.41) is 10.1. The average Bonchev–Trinajstić information content (AvgIpc) is 2.49. The first kappa shape index (κ1) is 17.4. The van der Waals surface area contributed by atoms with Crippen LogP contribution in [0, 0.1) is 39.0 Å². The molecular weight excluding hydrogens is 304 g/mol. The van der Waals surface area contributed by atoms with Crippen molar-refractivity contribution in [1.82, 2.24) is 4.98 Å². The predicted molar refractivity (Wildman–Crippen MR) is 95.2 cm³/mol. The van der Waals surface area contributed by atoms with E-state index in [1.165, 1.54) is 11.1 Å². The van der Waals surface area contributed by atoms with Crippen LogP contribution in [0.15, 0.2) is 29.3 Å². The molecule has 0 radical (unpaired) electrons. The fraction of sp³-hybridized carbons (Fsp3) is 0.368. The van der Waals surface area contributed by atoms with Gasteiger partial charge in [0.2, 0.25) is 0 Å². The minimum Gasteiger partial charge on any atom is -0.493 e. The number of hydrogen-bond acceptors (Lipinski definition) is 4. The molecule has 0 aliphatic rings. The number of para-hydroxylation sites is 1. The molecule has 0 atom stereocenters. The molecule has 0 N–H and O–H groups in total. The molecule has 1 aromatic heterocycles. The Hall–Kier alpha value is -1.99. The first-order valence-corrected chi connectivity index (χ1v) is 8.71. The van der Waals surface area contributed by atoms with E-state index < -0.39 is 0 Å². The third-order valence-corrected chi connectivity index (χ3v) is 4.67. The lowest BCUT2D eigenvalue weighted by molar-refractivity contribution is 0.314. The maximum atomic E-state index is 9.27. The van der Waals surface area contributed by atoms with E-state index in [-0.39, 0.29) is 0 Å². The Labute approximate surface area is 142 Å². The van der Waals surface area contributed by atoms with Gasteiger partial charge in [-0.05, 0) is 56.9 Å². The smallest absolute Gasteiger partial charge is 0.125 e. The molecule has 0 unspecified atom stereocenters. The number of pyridine rings is 1. The number of nitriles is 1. The first-order valence-electron chi connectivity index (χ1n) is 7.73. The van der Waals surface area contributed by atoms with Crippen LogP contribution < -0.4 is 4.74 Å². The normalized spacial score (nSPS) is 10.4. The number of thioether (sulfide) groups is 1. The van der Waals surface area contributed by atoms with Crippen molar-refractivity contribution in [2.75, 3.05) is 12.4 Å². The van der Waals surface area contributed by atoms with E-state index in [0.717, 1.165) is 34.2 Å². The molecule has 1 aromatic carbocycles. The van der Waals surface area contributed by atoms with Crippen LogP contribution in [-0.4, -0.2) is 17.3 Å². The van der Waals surface area contributed by atoms with Gasteiger partial charge in [-0.15, -0.1) is 11.8 Å². The Bertz CT molecular complexity index is 715. The van der Waals surface area contributed by atoms with Crippen molar-refractivity contribution in [2.24, 2.45) is 0 Å². The molecule has 2 rings (SSSR count). The summed E-state index contributed by atoms with van der Waals surface area (Å²) in [4.78, 5) is 4.49. The van der Waals surface area contributed by atoms with E-state index in [1.807, 2.05) is 26.0 Å². The van der Waals surface area contributed by atoms with Crippen LogP contribution in [0.1, 0.15) is 34.4 Å². The molecule has 0 saturated carbocycles. The van der Waals surface area contributed by atoms with E-state index >= 15 is 0 Å². The van der Waals surface area contributed by atoms with Crippen molar-refractivity contribution in [2.45, 2.75) is 39.1 Å². The minimum atomic E-state index is 0.672. The minimum absolute atomic E-state index is 0.672. The first-order chi connectivity index (χ1) is 11.0. The highest BCUT2D eigenvalue weighted by atomic mass is 32.2. The standard InChI is InChI=1S/C19H22N2OS/c1-13-7-5-8-14(2)18(13)22-9-6-10-23-19-17(12-20)15(3)11-16(4)21-19/h5,7-8,11H,6,9-10H2,1-4H3. The Morgan fingerprint density at radius 3 is 2.48 bits per heavy atom. The Kier molecular flexibility index (Phi) is 6.06. The van der Waals surface area contributed by atoms with Gasteiger partial charge in [-0.2, -0.15) is 5.26 Å². The zero-order valence-corrected chi connectivity index (χ0v) is 15.0. The van der Waals surface area contributed by atoms with E-state index in [0.29, 0.717) is 12.2 Å². The summed E-state index contributed by atoms with van der Waals surface area (Å²) in [7, 11) is 0. The number of rotatable bonds is 6. The molecule has 120 valence electrons. The quantitative estimate of drug-likeness (QED) is 0.568. The number of aryl methyl sites for hydroxylation is 4. The average molecular weight is 326 g/mol. The van der Waals surface area contributed by atoms with Gasteiger partial charge >= 0.3 is 0 Å². The van der Waals surface area contributed by atoms with Gasteiger partial charge in [0, 0.05) is 11.4 Å². The summed E-state index contributed by atoms with van der Waals surface area (Å²) in [5.74, 6) is 1.87. The van der Waals surface area contributed by atoms with Crippen LogP contribution in [0.2, 0.25) is 0 Å². The third kappa shape index (κ3) is 4.49. The Morgan fingerprint density at radius 2 is 1.83 bits per heavy atom. The second-order valence-corrected chi connectivity index (χ2v) is 6.73. The molecular formula is C19H22N2OS. The highest BCUT2D eigenvalue weighted by molar-refractivity contribution is 7.99. The molecule has 0 aliphatic carbocycles. The second kappa shape index (κ2) is 8.03. The molecule has 0 fully saturated rings. The van der Waals surface area contributed by atoms with Gasteiger partial charge in [-0.1, -0.05) is 18.2 Å². The molecule has 0 amide bonds. The molecule has 0 saturated heterocycles. The summed E-state index contributed by atoms with van der Waals surface area (Å²) in [5.41, 5.74) is 4.97. The highest BCUT2D eigenvalue weighted by Crippen LogP contribution is 2.25. The van der Waals surface area contributed by atoms with Crippen LogP contribution in [0.5, 0.6) is 5.75 Å². The molecule has 23 heavy (non-hydrogen) atoms. The van der Waals surface area contributed by atoms with Crippen LogP contribution in [-0.2, 0) is 0 Å². The van der Waals surface area contributed by atoms with Gasteiger partial charge < -0.3 is 4.74 Å². The van der Waals surface area contributed by atoms with Crippen LogP contribution >= 0.6 is 11.8 Å². The van der Waals surface area contributed by atoms with Crippen molar-refractivity contribution in [3.63, 3.8) is 0 Å². The van der Waals surface area contributed by atoms with E-state index in [4.69, 9.17) is 4.74 Å². The maximum absolute atomic E-state index is 9.27. The van der Waals surface area contributed by atoms with Gasteiger partial charge in [0.15, 0.2) is 0 Å². The van der Waals surface area contributed by atoms with E-state index in [1.54, 1.807) is 11.8 Å². The zero-order valence-electron chi connectivity index (χ0n) is 14.1. The van der Waals surface area contributed by atoms with Crippen LogP contribution in [0.4, 0.5) is 0 Å². The fourth-order valence-electron chi connectivity index (χ4n) is 2.47. The molecule has 2 aromatic rings. The Morgan fingerprint density at radius 1 is 1.13 bits per heavy atom. The summed E-state index contributed by atoms with van der Waals surface area (Å²) in [6, 6.07) is 10.4. The number of ether oxygens (including phenoxy) is 1. The molecule has 1 heterocycles. The SMILES string of the molecule is Cc1cc(C)c(C#N)c(SCCCOc2c(C)cccc2C)n1. The lowest BCUT2D eigenvalue weighted by atomic mass is 10.1. The van der Waals surface area contributed by atoms with Crippen molar-refractivity contribution in [3.8, 4) is 11.8 Å². The summed E-state index contributed by atoms with van der Waals surface area (Å²) >= 11 is 1.63. The Balaban J connectivity index is 1.88. The molecule has 0 spiro atoms. The van der Waals surface area contributed by atoms with Gasteiger partial charge in [0.1, 0.15) is 16.8 Å². The van der Waals surface area contributed by atoms with E-state index in [2.05, 4.69) is 37.0 Å². The highest BCUT2D eigenvalue weighted by Gasteiger charge is 2.09. The number of nitrogens with zero attached hydrogens (tertiary/aromatic N) is 2. The van der Waals surface area contributed by atoms with Crippen molar-refractivity contribution in [3.05, 3.63) is 52.2 Å². The molecule has 0 bridgehead atoms. The lowest BCUT2D eigenvalue weighted by Crippen LogP contribution is -2.02. The topological polar surface area (TPSA) is 45.9 Å². The van der Waals surface area contributed by atoms with Gasteiger partial charge in [-0.3, -0.25) is 0 Å². The van der Waals surface area contributed by atoms with Crippen LogP contribution in [0.3, 0.4) is 0 Å². The fourth-order valence-corrected chi connectivity index (χ4v) is 3.49. The third-order valence-electron chi connectivity index (χ3n) is 3.61. The van der Waals surface area contributed by atoms with Gasteiger partial charge in [0.05, 0.1) is 12.2 Å².